The van der Waals surface area contributed by atoms with Crippen LogP contribution in [0.25, 0.3) is 0 Å². The minimum atomic E-state index is -0.0903. The molecule has 50 valence electrons. The zero-order valence-electron chi connectivity index (χ0n) is 5.00. The lowest BCUT2D eigenvalue weighted by molar-refractivity contribution is -0.116. The van der Waals surface area contributed by atoms with E-state index in [0.717, 1.165) is 0 Å². The molecule has 0 fully saturated rings. The molecule has 0 amide bonds. The normalized spacial score (nSPS) is 33.1. The first-order valence-electron chi connectivity index (χ1n) is 2.68. The molecule has 0 aromatic heterocycles. The lowest BCUT2D eigenvalue weighted by atomic mass is 10.2. The van der Waals surface area contributed by atoms with Gasteiger partial charge in [0.05, 0.1) is 10.6 Å². The van der Waals surface area contributed by atoms with E-state index in [-0.39, 0.29) is 16.4 Å². The molecule has 1 rings (SSSR count). The molecule has 2 atom stereocenters. The zero-order valence-corrected chi connectivity index (χ0v) is 6.58. The molecule has 0 saturated heterocycles. The standard InChI is InChI=1S/C6H7ClOS/c1-4(8)6-5(7)2-3-9-6/h2-3,5-6H,1H3. The second-order valence-corrected chi connectivity index (χ2v) is 3.50. The molecule has 0 aliphatic carbocycles. The number of ketones is 1. The molecule has 0 bridgehead atoms. The summed E-state index contributed by atoms with van der Waals surface area (Å²) in [6, 6.07) is 0. The maximum absolute atomic E-state index is 10.7. The van der Waals surface area contributed by atoms with E-state index in [1.54, 1.807) is 6.92 Å². The van der Waals surface area contributed by atoms with E-state index in [4.69, 9.17) is 11.6 Å². The number of carbonyl (C=O) groups is 1. The molecule has 0 N–H and O–H groups in total. The van der Waals surface area contributed by atoms with E-state index >= 15 is 0 Å². The predicted molar refractivity (Wildman–Crippen MR) is 40.8 cm³/mol. The highest BCUT2D eigenvalue weighted by atomic mass is 35.5. The van der Waals surface area contributed by atoms with Crippen molar-refractivity contribution in [3.05, 3.63) is 11.5 Å². The Morgan fingerprint density at radius 1 is 1.78 bits per heavy atom. The highest BCUT2D eigenvalue weighted by molar-refractivity contribution is 8.03. The summed E-state index contributed by atoms with van der Waals surface area (Å²) in [5.74, 6) is 0.157. The third-order valence-corrected chi connectivity index (χ3v) is 2.96. The largest absolute Gasteiger partial charge is 0.299 e. The Balaban J connectivity index is 2.55. The van der Waals surface area contributed by atoms with Gasteiger partial charge in [0, 0.05) is 0 Å². The summed E-state index contributed by atoms with van der Waals surface area (Å²) in [5.41, 5.74) is 0. The Labute approximate surface area is 63.5 Å². The number of Topliss-reactive ketones (excluding diaryl/α,β-unsaturated/α-hetero) is 1. The molecule has 0 spiro atoms. The van der Waals surface area contributed by atoms with Gasteiger partial charge in [0.2, 0.25) is 0 Å². The summed E-state index contributed by atoms with van der Waals surface area (Å²) in [6.07, 6.45) is 1.85. The van der Waals surface area contributed by atoms with Gasteiger partial charge in [-0.15, -0.1) is 23.4 Å². The van der Waals surface area contributed by atoms with Gasteiger partial charge < -0.3 is 0 Å². The van der Waals surface area contributed by atoms with Gasteiger partial charge in [-0.2, -0.15) is 0 Å². The van der Waals surface area contributed by atoms with Crippen LogP contribution in [0.3, 0.4) is 0 Å². The number of hydrogen-bond donors (Lipinski definition) is 0. The Morgan fingerprint density at radius 3 is 2.67 bits per heavy atom. The number of alkyl halides is 1. The molecule has 1 aliphatic heterocycles. The third kappa shape index (κ3) is 1.49. The molecule has 0 radical (unpaired) electrons. The molecule has 9 heavy (non-hydrogen) atoms. The molecule has 0 aromatic rings. The monoisotopic (exact) mass is 162 g/mol. The molecule has 1 nitrogen and oxygen atoms in total. The fourth-order valence-electron chi connectivity index (χ4n) is 0.701. The molecule has 3 heteroatoms. The highest BCUT2D eigenvalue weighted by Crippen LogP contribution is 2.28. The van der Waals surface area contributed by atoms with Crippen molar-refractivity contribution in [2.24, 2.45) is 0 Å². The fraction of sp³-hybridized carbons (Fsp3) is 0.500. The lowest BCUT2D eigenvalue weighted by Gasteiger charge is -2.06. The van der Waals surface area contributed by atoms with Crippen molar-refractivity contribution < 1.29 is 4.79 Å². The van der Waals surface area contributed by atoms with E-state index in [9.17, 15) is 4.79 Å². The second-order valence-electron chi connectivity index (χ2n) is 1.94. The minimum Gasteiger partial charge on any atom is -0.299 e. The topological polar surface area (TPSA) is 17.1 Å². The Kier molecular flexibility index (Phi) is 2.19. The van der Waals surface area contributed by atoms with Crippen LogP contribution < -0.4 is 0 Å². The van der Waals surface area contributed by atoms with Crippen LogP contribution in [0.15, 0.2) is 11.5 Å². The first-order chi connectivity index (χ1) is 4.22. The number of allylic oxidation sites excluding steroid dienone is 1. The minimum absolute atomic E-state index is 0.0355. The van der Waals surface area contributed by atoms with E-state index in [1.807, 2.05) is 11.5 Å². The number of halogens is 1. The zero-order chi connectivity index (χ0) is 6.85. The van der Waals surface area contributed by atoms with Crippen LogP contribution in [-0.4, -0.2) is 16.4 Å². The number of hydrogen-bond acceptors (Lipinski definition) is 2. The summed E-state index contributed by atoms with van der Waals surface area (Å²) in [4.78, 5) is 10.7. The van der Waals surface area contributed by atoms with Gasteiger partial charge in [0.1, 0.15) is 5.78 Å². The molecule has 0 saturated carbocycles. The Hall–Kier alpha value is 0.0500. The van der Waals surface area contributed by atoms with Gasteiger partial charge in [-0.25, -0.2) is 0 Å². The van der Waals surface area contributed by atoms with Gasteiger partial charge >= 0.3 is 0 Å². The smallest absolute Gasteiger partial charge is 0.144 e. The van der Waals surface area contributed by atoms with Crippen LogP contribution in [-0.2, 0) is 4.79 Å². The van der Waals surface area contributed by atoms with Crippen molar-refractivity contribution in [3.63, 3.8) is 0 Å². The molecule has 2 unspecified atom stereocenters. The summed E-state index contributed by atoms with van der Waals surface area (Å²) in [5, 5.41) is 1.75. The van der Waals surface area contributed by atoms with Gasteiger partial charge in [0.15, 0.2) is 0 Å². The number of thioether (sulfide) groups is 1. The van der Waals surface area contributed by atoms with E-state index in [1.165, 1.54) is 11.8 Å². The maximum atomic E-state index is 10.7. The van der Waals surface area contributed by atoms with Crippen LogP contribution >= 0.6 is 23.4 Å². The molecular formula is C6H7ClOS. The Morgan fingerprint density at radius 2 is 2.44 bits per heavy atom. The van der Waals surface area contributed by atoms with Gasteiger partial charge in [-0.05, 0) is 12.3 Å². The SMILES string of the molecule is CC(=O)C1SC=CC1Cl. The van der Waals surface area contributed by atoms with Crippen molar-refractivity contribution in [1.82, 2.24) is 0 Å². The van der Waals surface area contributed by atoms with Gasteiger partial charge in [-0.3, -0.25) is 4.79 Å². The summed E-state index contributed by atoms with van der Waals surface area (Å²) >= 11 is 7.24. The van der Waals surface area contributed by atoms with Crippen molar-refractivity contribution in [2.45, 2.75) is 17.6 Å². The predicted octanol–water partition coefficient (Wildman–Crippen LogP) is 1.81. The third-order valence-electron chi connectivity index (χ3n) is 1.18. The second kappa shape index (κ2) is 2.76. The van der Waals surface area contributed by atoms with Crippen molar-refractivity contribution >= 4 is 29.1 Å². The van der Waals surface area contributed by atoms with Crippen molar-refractivity contribution in [2.75, 3.05) is 0 Å². The molecular weight excluding hydrogens is 156 g/mol. The van der Waals surface area contributed by atoms with E-state index in [0.29, 0.717) is 0 Å². The summed E-state index contributed by atoms with van der Waals surface area (Å²) in [6.45, 7) is 1.57. The molecule has 1 aliphatic rings. The van der Waals surface area contributed by atoms with Crippen LogP contribution in [0.4, 0.5) is 0 Å². The van der Waals surface area contributed by atoms with Gasteiger partial charge in [0.25, 0.3) is 0 Å². The van der Waals surface area contributed by atoms with Crippen molar-refractivity contribution in [1.29, 1.82) is 0 Å². The van der Waals surface area contributed by atoms with E-state index < -0.39 is 0 Å². The number of rotatable bonds is 1. The first-order valence-corrected chi connectivity index (χ1v) is 4.06. The molecule has 1 heterocycles. The fourth-order valence-corrected chi connectivity index (χ4v) is 2.08. The molecule has 0 aromatic carbocycles. The first kappa shape index (κ1) is 7.16. The van der Waals surface area contributed by atoms with Crippen molar-refractivity contribution in [3.8, 4) is 0 Å². The average Bonchev–Trinajstić information content (AvgIpc) is 2.13. The lowest BCUT2D eigenvalue weighted by Crippen LogP contribution is -2.19. The van der Waals surface area contributed by atoms with E-state index in [2.05, 4.69) is 0 Å². The summed E-state index contributed by atoms with van der Waals surface area (Å²) < 4.78 is 0. The van der Waals surface area contributed by atoms with Gasteiger partial charge in [-0.1, -0.05) is 6.08 Å². The van der Waals surface area contributed by atoms with Crippen LogP contribution in [0.2, 0.25) is 0 Å². The maximum Gasteiger partial charge on any atom is 0.144 e. The van der Waals surface area contributed by atoms with Crippen LogP contribution in [0.1, 0.15) is 6.92 Å². The van der Waals surface area contributed by atoms with Crippen LogP contribution in [0.5, 0.6) is 0 Å². The Bertz CT molecular complexity index is 155. The quantitative estimate of drug-likeness (QED) is 0.547. The van der Waals surface area contributed by atoms with Crippen LogP contribution in [0, 0.1) is 0 Å². The average molecular weight is 163 g/mol. The number of carbonyl (C=O) groups excluding carboxylic acids is 1. The highest BCUT2D eigenvalue weighted by Gasteiger charge is 2.24. The summed E-state index contributed by atoms with van der Waals surface area (Å²) in [7, 11) is 0.